The fourth-order valence-corrected chi connectivity index (χ4v) is 3.24. The quantitative estimate of drug-likeness (QED) is 0.448. The number of rotatable bonds is 5. The zero-order chi connectivity index (χ0) is 19.5. The summed E-state index contributed by atoms with van der Waals surface area (Å²) in [6.07, 6.45) is -0.237. The summed E-state index contributed by atoms with van der Waals surface area (Å²) in [5.74, 6) is -0.642. The maximum Gasteiger partial charge on any atom is 0.257 e. The Morgan fingerprint density at radius 3 is 2.31 bits per heavy atom. The van der Waals surface area contributed by atoms with Crippen LogP contribution in [0.15, 0.2) is 40.0 Å². The van der Waals surface area contributed by atoms with Gasteiger partial charge in [0.25, 0.3) is 15.6 Å². The van der Waals surface area contributed by atoms with Gasteiger partial charge in [0.05, 0.1) is 11.3 Å². The van der Waals surface area contributed by atoms with Crippen molar-refractivity contribution in [1.82, 2.24) is 20.2 Å². The Morgan fingerprint density at radius 1 is 1.15 bits per heavy atom. The van der Waals surface area contributed by atoms with Crippen molar-refractivity contribution in [2.75, 3.05) is 0 Å². The lowest BCUT2D eigenvalue weighted by Gasteiger charge is -2.19. The van der Waals surface area contributed by atoms with Gasteiger partial charge >= 0.3 is 0 Å². The number of amides is 1. The molecule has 26 heavy (non-hydrogen) atoms. The number of carbonyl (C=O) groups is 1. The second kappa shape index (κ2) is 7.52. The normalized spacial score (nSPS) is 12.0. The van der Waals surface area contributed by atoms with E-state index in [2.05, 4.69) is 15.4 Å². The van der Waals surface area contributed by atoms with Crippen molar-refractivity contribution in [3.63, 3.8) is 0 Å². The van der Waals surface area contributed by atoms with Gasteiger partial charge < -0.3 is 4.98 Å². The third-order valence-electron chi connectivity index (χ3n) is 3.52. The van der Waals surface area contributed by atoms with Crippen molar-refractivity contribution in [1.29, 1.82) is 0 Å². The van der Waals surface area contributed by atoms with Gasteiger partial charge in [0.2, 0.25) is 5.91 Å². The van der Waals surface area contributed by atoms with Crippen LogP contribution < -0.4 is 15.8 Å². The number of H-pyrrole nitrogens is 2. The van der Waals surface area contributed by atoms with Crippen molar-refractivity contribution >= 4 is 28.1 Å². The molecule has 1 heterocycles. The smallest absolute Gasteiger partial charge is 0.257 e. The molecule has 0 spiro atoms. The van der Waals surface area contributed by atoms with Gasteiger partial charge in [0.15, 0.2) is 4.77 Å². The summed E-state index contributed by atoms with van der Waals surface area (Å²) >= 11 is 4.81. The van der Waals surface area contributed by atoms with E-state index in [9.17, 15) is 18.0 Å². The van der Waals surface area contributed by atoms with Crippen LogP contribution in [0.3, 0.4) is 0 Å². The third kappa shape index (κ3) is 5.35. The highest BCUT2D eigenvalue weighted by atomic mass is 32.2. The van der Waals surface area contributed by atoms with Gasteiger partial charge in [-0.15, -0.1) is 4.83 Å². The van der Waals surface area contributed by atoms with Crippen LogP contribution in [0, 0.1) is 4.77 Å². The first-order chi connectivity index (χ1) is 12.0. The highest BCUT2D eigenvalue weighted by molar-refractivity contribution is 7.89. The maximum absolute atomic E-state index is 12.3. The molecule has 2 rings (SSSR count). The van der Waals surface area contributed by atoms with Crippen LogP contribution in [0.25, 0.3) is 0 Å². The maximum atomic E-state index is 12.3. The fraction of sp³-hybridized carbons (Fsp3) is 0.312. The first kappa shape index (κ1) is 20.0. The number of hydrogen-bond acceptors (Lipinski definition) is 5. The van der Waals surface area contributed by atoms with Gasteiger partial charge in [0.1, 0.15) is 0 Å². The lowest BCUT2D eigenvalue weighted by atomic mass is 9.87. The van der Waals surface area contributed by atoms with Crippen molar-refractivity contribution in [3.05, 3.63) is 56.7 Å². The van der Waals surface area contributed by atoms with E-state index in [0.717, 1.165) is 5.56 Å². The lowest BCUT2D eigenvalue weighted by Crippen LogP contribution is -2.42. The molecule has 10 heteroatoms. The average molecular weight is 396 g/mol. The molecule has 4 N–H and O–H groups in total. The number of hydrogen-bond donors (Lipinski definition) is 4. The Balaban J connectivity index is 2.04. The highest BCUT2D eigenvalue weighted by Gasteiger charge is 2.18. The van der Waals surface area contributed by atoms with E-state index in [0.29, 0.717) is 0 Å². The van der Waals surface area contributed by atoms with Gasteiger partial charge in [-0.1, -0.05) is 32.9 Å². The summed E-state index contributed by atoms with van der Waals surface area (Å²) in [4.78, 5) is 30.2. The molecule has 0 bridgehead atoms. The average Bonchev–Trinajstić information content (AvgIpc) is 2.51. The molecule has 8 nitrogen and oxygen atoms in total. The van der Waals surface area contributed by atoms with Gasteiger partial charge in [-0.2, -0.15) is 0 Å². The summed E-state index contributed by atoms with van der Waals surface area (Å²) in [7, 11) is -3.91. The zero-order valence-corrected chi connectivity index (χ0v) is 16.2. The number of aromatic nitrogens is 2. The van der Waals surface area contributed by atoms with E-state index >= 15 is 0 Å². The van der Waals surface area contributed by atoms with Gasteiger partial charge in [0, 0.05) is 11.8 Å². The Labute approximate surface area is 156 Å². The van der Waals surface area contributed by atoms with Crippen molar-refractivity contribution < 1.29 is 13.2 Å². The Hall–Kier alpha value is -2.30. The summed E-state index contributed by atoms with van der Waals surface area (Å²) < 4.78 is 24.6. The van der Waals surface area contributed by atoms with Crippen LogP contribution in [-0.2, 0) is 26.7 Å². The summed E-state index contributed by atoms with van der Waals surface area (Å²) in [6, 6.07) is 7.58. The van der Waals surface area contributed by atoms with Crippen molar-refractivity contribution in [2.24, 2.45) is 0 Å². The molecule has 0 fully saturated rings. The van der Waals surface area contributed by atoms with Crippen LogP contribution >= 0.6 is 12.2 Å². The van der Waals surface area contributed by atoms with E-state index in [1.807, 2.05) is 25.6 Å². The first-order valence-corrected chi connectivity index (χ1v) is 9.60. The topological polar surface area (TPSA) is 124 Å². The Bertz CT molecular complexity index is 987. The van der Waals surface area contributed by atoms with E-state index in [4.69, 9.17) is 12.2 Å². The monoisotopic (exact) mass is 396 g/mol. The summed E-state index contributed by atoms with van der Waals surface area (Å²) in [6.45, 7) is 6.07. The molecule has 0 aliphatic rings. The Kier molecular flexibility index (Phi) is 5.79. The molecule has 0 atom stereocenters. The Morgan fingerprint density at radius 2 is 1.77 bits per heavy atom. The van der Waals surface area contributed by atoms with E-state index in [-0.39, 0.29) is 27.2 Å². The standard InChI is InChI=1S/C16H20N4O4S2/c1-16(2,3)10-4-6-12(7-5-10)26(23,24)20-19-14(22)9-11-8-13(21)18-15(25)17-11/h4-8,20H,9H2,1-3H3,(H,19,22)(H2,17,18,21,25). The van der Waals surface area contributed by atoms with Crippen LogP contribution in [0.1, 0.15) is 32.0 Å². The second-order valence-corrected chi connectivity index (χ2v) is 8.81. The van der Waals surface area contributed by atoms with Gasteiger partial charge in [-0.3, -0.25) is 20.0 Å². The zero-order valence-electron chi connectivity index (χ0n) is 14.5. The van der Waals surface area contributed by atoms with E-state index < -0.39 is 21.5 Å². The molecular weight excluding hydrogens is 376 g/mol. The van der Waals surface area contributed by atoms with Crippen molar-refractivity contribution in [2.45, 2.75) is 37.5 Å². The van der Waals surface area contributed by atoms with Crippen LogP contribution in [-0.4, -0.2) is 24.3 Å². The van der Waals surface area contributed by atoms with Crippen LogP contribution in [0.2, 0.25) is 0 Å². The molecule has 0 unspecified atom stereocenters. The number of benzene rings is 1. The molecule has 1 amide bonds. The van der Waals surface area contributed by atoms with Crippen molar-refractivity contribution in [3.8, 4) is 0 Å². The fourth-order valence-electron chi connectivity index (χ4n) is 2.15. The summed E-state index contributed by atoms with van der Waals surface area (Å²) in [5.41, 5.74) is 2.82. The minimum absolute atomic E-state index is 0.0290. The number of carbonyl (C=O) groups excluding carboxylic acids is 1. The predicted octanol–water partition coefficient (Wildman–Crippen LogP) is 1.28. The second-order valence-electron chi connectivity index (χ2n) is 6.72. The molecular formula is C16H20N4O4S2. The number of aromatic amines is 2. The molecule has 0 saturated heterocycles. The van der Waals surface area contributed by atoms with E-state index in [1.165, 1.54) is 18.2 Å². The molecule has 0 radical (unpaired) electrons. The molecule has 140 valence electrons. The predicted molar refractivity (Wildman–Crippen MR) is 99.6 cm³/mol. The minimum atomic E-state index is -3.91. The molecule has 0 aliphatic carbocycles. The first-order valence-electron chi connectivity index (χ1n) is 7.71. The largest absolute Gasteiger partial charge is 0.335 e. The minimum Gasteiger partial charge on any atom is -0.335 e. The van der Waals surface area contributed by atoms with Crippen LogP contribution in [0.4, 0.5) is 0 Å². The SMILES string of the molecule is CC(C)(C)c1ccc(S(=O)(=O)NNC(=O)Cc2cc(=O)[nH]c(=S)[nH]2)cc1. The molecule has 0 aliphatic heterocycles. The lowest BCUT2D eigenvalue weighted by molar-refractivity contribution is -0.120. The van der Waals surface area contributed by atoms with Gasteiger partial charge in [-0.25, -0.2) is 8.42 Å². The molecule has 2 aromatic rings. The van der Waals surface area contributed by atoms with Gasteiger partial charge in [-0.05, 0) is 35.3 Å². The summed E-state index contributed by atoms with van der Waals surface area (Å²) in [5, 5.41) is 0. The number of sulfonamides is 1. The van der Waals surface area contributed by atoms with E-state index in [1.54, 1.807) is 12.1 Å². The number of hydrazine groups is 1. The highest BCUT2D eigenvalue weighted by Crippen LogP contribution is 2.23. The molecule has 0 saturated carbocycles. The molecule has 1 aromatic heterocycles. The third-order valence-corrected chi connectivity index (χ3v) is 4.99. The number of nitrogens with one attached hydrogen (secondary N) is 4. The molecule has 1 aromatic carbocycles. The van der Waals surface area contributed by atoms with Crippen LogP contribution in [0.5, 0.6) is 0 Å².